The topological polar surface area (TPSA) is 59.4 Å². The third kappa shape index (κ3) is 3.70. The van der Waals surface area contributed by atoms with Gasteiger partial charge in [0.2, 0.25) is 0 Å². The van der Waals surface area contributed by atoms with Gasteiger partial charge < -0.3 is 19.5 Å². The van der Waals surface area contributed by atoms with Crippen molar-refractivity contribution in [3.8, 4) is 5.75 Å². The molecule has 2 heterocycles. The molecule has 4 aromatic rings. The molecular formula is C24H21ClN4O2. The number of halogens is 1. The molecule has 0 saturated carbocycles. The second kappa shape index (κ2) is 7.96. The molecule has 1 aliphatic heterocycles. The highest BCUT2D eigenvalue weighted by atomic mass is 35.5. The van der Waals surface area contributed by atoms with E-state index in [1.165, 1.54) is 0 Å². The molecule has 1 amide bonds. The summed E-state index contributed by atoms with van der Waals surface area (Å²) < 4.78 is 7.55. The van der Waals surface area contributed by atoms with Gasteiger partial charge in [0, 0.05) is 29.5 Å². The molecule has 1 aromatic heterocycles. The summed E-state index contributed by atoms with van der Waals surface area (Å²) in [6.45, 7) is 2.38. The average Bonchev–Trinajstić information content (AvgIpc) is 3.15. The predicted octanol–water partition coefficient (Wildman–Crippen LogP) is 4.97. The third-order valence-corrected chi connectivity index (χ3v) is 5.77. The van der Waals surface area contributed by atoms with Crippen LogP contribution in [0.5, 0.6) is 5.75 Å². The molecule has 0 bridgehead atoms. The normalized spacial score (nSPS) is 13.2. The molecule has 6 nitrogen and oxygen atoms in total. The van der Waals surface area contributed by atoms with Crippen LogP contribution >= 0.6 is 11.6 Å². The molecule has 0 radical (unpaired) electrons. The van der Waals surface area contributed by atoms with E-state index in [0.717, 1.165) is 41.3 Å². The van der Waals surface area contributed by atoms with E-state index in [-0.39, 0.29) is 5.91 Å². The number of carbonyl (C=O) groups excluding carboxylic acids is 1. The molecule has 0 saturated heterocycles. The van der Waals surface area contributed by atoms with E-state index in [2.05, 4.69) is 14.8 Å². The standard InChI is InChI=1S/C24H21ClN4O2/c1-31-22-8-3-2-7-19(22)24(30)26-17-5-4-6-18(14-17)28-11-12-29-21-10-9-16(25)13-20(21)27-23(29)15-28/h2-10,13-14H,11-12,15H2,1H3,(H,26,30). The quantitative estimate of drug-likeness (QED) is 0.494. The van der Waals surface area contributed by atoms with Crippen LogP contribution in [0.4, 0.5) is 11.4 Å². The van der Waals surface area contributed by atoms with Gasteiger partial charge in [0.05, 0.1) is 30.3 Å². The van der Waals surface area contributed by atoms with Crippen LogP contribution in [0.2, 0.25) is 5.02 Å². The van der Waals surface area contributed by atoms with Gasteiger partial charge in [-0.15, -0.1) is 0 Å². The number of hydrogen-bond acceptors (Lipinski definition) is 4. The molecule has 0 spiro atoms. The second-order valence-electron chi connectivity index (χ2n) is 7.44. The zero-order chi connectivity index (χ0) is 21.4. The van der Waals surface area contributed by atoms with Gasteiger partial charge in [-0.1, -0.05) is 29.8 Å². The largest absolute Gasteiger partial charge is 0.496 e. The number of aromatic nitrogens is 2. The van der Waals surface area contributed by atoms with E-state index < -0.39 is 0 Å². The Balaban J connectivity index is 1.37. The molecule has 1 N–H and O–H groups in total. The zero-order valence-corrected chi connectivity index (χ0v) is 17.8. The lowest BCUT2D eigenvalue weighted by atomic mass is 10.1. The maximum absolute atomic E-state index is 12.7. The smallest absolute Gasteiger partial charge is 0.259 e. The summed E-state index contributed by atoms with van der Waals surface area (Å²) in [6, 6.07) is 20.9. The van der Waals surface area contributed by atoms with Crippen molar-refractivity contribution in [2.24, 2.45) is 0 Å². The minimum atomic E-state index is -0.202. The summed E-state index contributed by atoms with van der Waals surface area (Å²) in [5.41, 5.74) is 4.30. The van der Waals surface area contributed by atoms with Crippen molar-refractivity contribution in [1.29, 1.82) is 0 Å². The van der Waals surface area contributed by atoms with Crippen molar-refractivity contribution in [2.45, 2.75) is 13.1 Å². The van der Waals surface area contributed by atoms with Crippen molar-refractivity contribution >= 4 is 39.9 Å². The maximum atomic E-state index is 12.7. The number of fused-ring (bicyclic) bond motifs is 3. The number of para-hydroxylation sites is 1. The van der Waals surface area contributed by atoms with E-state index in [4.69, 9.17) is 21.3 Å². The summed E-state index contributed by atoms with van der Waals surface area (Å²) in [5, 5.41) is 3.67. The molecule has 0 atom stereocenters. The summed E-state index contributed by atoms with van der Waals surface area (Å²) in [6.07, 6.45) is 0. The van der Waals surface area contributed by atoms with Gasteiger partial charge in [-0.3, -0.25) is 4.79 Å². The summed E-state index contributed by atoms with van der Waals surface area (Å²) in [5.74, 6) is 1.35. The van der Waals surface area contributed by atoms with Crippen LogP contribution in [0.3, 0.4) is 0 Å². The minimum Gasteiger partial charge on any atom is -0.496 e. The van der Waals surface area contributed by atoms with Crippen molar-refractivity contribution in [3.05, 3.63) is 83.1 Å². The van der Waals surface area contributed by atoms with Crippen LogP contribution in [-0.4, -0.2) is 29.1 Å². The van der Waals surface area contributed by atoms with Gasteiger partial charge in [0.25, 0.3) is 5.91 Å². The number of nitrogens with one attached hydrogen (secondary N) is 1. The lowest BCUT2D eigenvalue weighted by molar-refractivity contribution is 0.102. The fourth-order valence-electron chi connectivity index (χ4n) is 4.02. The van der Waals surface area contributed by atoms with Crippen molar-refractivity contribution in [1.82, 2.24) is 9.55 Å². The highest BCUT2D eigenvalue weighted by molar-refractivity contribution is 6.31. The number of imidazole rings is 1. The van der Waals surface area contributed by atoms with Gasteiger partial charge >= 0.3 is 0 Å². The summed E-state index contributed by atoms with van der Waals surface area (Å²) >= 11 is 6.13. The molecule has 3 aromatic carbocycles. The molecule has 0 aliphatic carbocycles. The van der Waals surface area contributed by atoms with Gasteiger partial charge in [-0.05, 0) is 48.5 Å². The van der Waals surface area contributed by atoms with Gasteiger partial charge in [-0.25, -0.2) is 4.98 Å². The monoisotopic (exact) mass is 432 g/mol. The molecule has 1 aliphatic rings. The van der Waals surface area contributed by atoms with Crippen molar-refractivity contribution in [3.63, 3.8) is 0 Å². The fourth-order valence-corrected chi connectivity index (χ4v) is 4.19. The van der Waals surface area contributed by atoms with Gasteiger partial charge in [0.15, 0.2) is 0 Å². The molecule has 156 valence electrons. The van der Waals surface area contributed by atoms with Crippen LogP contribution in [-0.2, 0) is 13.1 Å². The lowest BCUT2D eigenvalue weighted by Gasteiger charge is -2.30. The Morgan fingerprint density at radius 1 is 1.06 bits per heavy atom. The van der Waals surface area contributed by atoms with E-state index in [1.54, 1.807) is 19.2 Å². The fraction of sp³-hybridized carbons (Fsp3) is 0.167. The Bertz CT molecular complexity index is 1280. The first-order valence-corrected chi connectivity index (χ1v) is 10.4. The molecule has 7 heteroatoms. The van der Waals surface area contributed by atoms with Crippen LogP contribution in [0.1, 0.15) is 16.2 Å². The summed E-state index contributed by atoms with van der Waals surface area (Å²) in [7, 11) is 1.56. The van der Waals surface area contributed by atoms with Crippen molar-refractivity contribution < 1.29 is 9.53 Å². The number of carbonyl (C=O) groups is 1. The molecule has 5 rings (SSSR count). The van der Waals surface area contributed by atoms with E-state index in [1.807, 2.05) is 54.6 Å². The number of hydrogen-bond donors (Lipinski definition) is 1. The highest BCUT2D eigenvalue weighted by Gasteiger charge is 2.21. The lowest BCUT2D eigenvalue weighted by Crippen LogP contribution is -2.33. The second-order valence-corrected chi connectivity index (χ2v) is 7.88. The van der Waals surface area contributed by atoms with Gasteiger partial charge in [-0.2, -0.15) is 0 Å². The number of rotatable bonds is 4. The first-order valence-electron chi connectivity index (χ1n) is 10.1. The molecule has 0 unspecified atom stereocenters. The number of ether oxygens (including phenoxy) is 1. The number of benzene rings is 3. The third-order valence-electron chi connectivity index (χ3n) is 5.54. The number of anilines is 2. The first kappa shape index (κ1) is 19.5. The Labute approximate surface area is 185 Å². The SMILES string of the molecule is COc1ccccc1C(=O)Nc1cccc(N2CCn3c(nc4cc(Cl)ccc43)C2)c1. The number of nitrogens with zero attached hydrogens (tertiary/aromatic N) is 3. The Hall–Kier alpha value is -3.51. The minimum absolute atomic E-state index is 0.202. The van der Waals surface area contributed by atoms with E-state index in [9.17, 15) is 4.79 Å². The predicted molar refractivity (Wildman–Crippen MR) is 123 cm³/mol. The highest BCUT2D eigenvalue weighted by Crippen LogP contribution is 2.28. The summed E-state index contributed by atoms with van der Waals surface area (Å²) in [4.78, 5) is 19.8. The van der Waals surface area contributed by atoms with E-state index in [0.29, 0.717) is 22.9 Å². The Morgan fingerprint density at radius 3 is 2.81 bits per heavy atom. The van der Waals surface area contributed by atoms with Crippen LogP contribution in [0, 0.1) is 0 Å². The first-order chi connectivity index (χ1) is 15.1. The molecule has 0 fully saturated rings. The Morgan fingerprint density at radius 2 is 1.94 bits per heavy atom. The maximum Gasteiger partial charge on any atom is 0.259 e. The molecular weight excluding hydrogens is 412 g/mol. The average molecular weight is 433 g/mol. The zero-order valence-electron chi connectivity index (χ0n) is 17.0. The molecule has 31 heavy (non-hydrogen) atoms. The Kier molecular flexibility index (Phi) is 5.00. The van der Waals surface area contributed by atoms with Crippen LogP contribution < -0.4 is 15.0 Å². The number of amides is 1. The van der Waals surface area contributed by atoms with Crippen LogP contribution in [0.25, 0.3) is 11.0 Å². The van der Waals surface area contributed by atoms with Crippen molar-refractivity contribution in [2.75, 3.05) is 23.9 Å². The van der Waals surface area contributed by atoms with E-state index >= 15 is 0 Å². The van der Waals surface area contributed by atoms with Crippen LogP contribution in [0.15, 0.2) is 66.7 Å². The van der Waals surface area contributed by atoms with Gasteiger partial charge in [0.1, 0.15) is 11.6 Å². The number of methoxy groups -OCH3 is 1.